The zero-order valence-corrected chi connectivity index (χ0v) is 11.0. The van der Waals surface area contributed by atoms with E-state index >= 15 is 0 Å². The van der Waals surface area contributed by atoms with Crippen LogP contribution < -0.4 is 9.47 Å². The molecule has 1 N–H and O–H groups in total. The SMILES string of the molecule is CN(CC1COc2ccccc2O1)C(=O)CCCO. The van der Waals surface area contributed by atoms with Crippen LogP contribution in [0.25, 0.3) is 0 Å². The van der Waals surface area contributed by atoms with Gasteiger partial charge in [0.1, 0.15) is 6.61 Å². The van der Waals surface area contributed by atoms with Crippen molar-refractivity contribution in [3.8, 4) is 11.5 Å². The molecular weight excluding hydrogens is 246 g/mol. The zero-order valence-electron chi connectivity index (χ0n) is 11.0. The summed E-state index contributed by atoms with van der Waals surface area (Å²) in [5.41, 5.74) is 0. The van der Waals surface area contributed by atoms with E-state index < -0.39 is 0 Å². The fourth-order valence-electron chi connectivity index (χ4n) is 1.98. The molecule has 2 rings (SSSR count). The minimum absolute atomic E-state index is 0.0107. The van der Waals surface area contributed by atoms with E-state index in [1.54, 1.807) is 11.9 Å². The van der Waals surface area contributed by atoms with Gasteiger partial charge in [-0.3, -0.25) is 4.79 Å². The van der Waals surface area contributed by atoms with E-state index in [9.17, 15) is 4.79 Å². The molecule has 0 aliphatic carbocycles. The van der Waals surface area contributed by atoms with Crippen LogP contribution in [-0.4, -0.2) is 48.8 Å². The second-order valence-electron chi connectivity index (χ2n) is 4.60. The van der Waals surface area contributed by atoms with Gasteiger partial charge in [0.05, 0.1) is 6.54 Å². The number of hydrogen-bond acceptors (Lipinski definition) is 4. The maximum atomic E-state index is 11.7. The van der Waals surface area contributed by atoms with Crippen LogP contribution in [0.15, 0.2) is 24.3 Å². The van der Waals surface area contributed by atoms with Crippen molar-refractivity contribution in [2.75, 3.05) is 26.8 Å². The monoisotopic (exact) mass is 265 g/mol. The minimum Gasteiger partial charge on any atom is -0.486 e. The van der Waals surface area contributed by atoms with Crippen molar-refractivity contribution in [1.29, 1.82) is 0 Å². The molecule has 0 radical (unpaired) electrons. The summed E-state index contributed by atoms with van der Waals surface area (Å²) >= 11 is 0. The van der Waals surface area contributed by atoms with Crippen LogP contribution in [0.3, 0.4) is 0 Å². The number of carbonyl (C=O) groups excluding carboxylic acids is 1. The normalized spacial score (nSPS) is 17.1. The van der Waals surface area contributed by atoms with Crippen molar-refractivity contribution >= 4 is 5.91 Å². The summed E-state index contributed by atoms with van der Waals surface area (Å²) in [7, 11) is 1.74. The lowest BCUT2D eigenvalue weighted by Gasteiger charge is -2.29. The van der Waals surface area contributed by atoms with Gasteiger partial charge in [0.15, 0.2) is 17.6 Å². The third kappa shape index (κ3) is 3.61. The fourth-order valence-corrected chi connectivity index (χ4v) is 1.98. The van der Waals surface area contributed by atoms with Gasteiger partial charge in [-0.15, -0.1) is 0 Å². The van der Waals surface area contributed by atoms with Crippen LogP contribution in [0.4, 0.5) is 0 Å². The number of para-hydroxylation sites is 2. The summed E-state index contributed by atoms with van der Waals surface area (Å²) in [6, 6.07) is 7.50. The molecule has 1 amide bonds. The predicted octanol–water partition coefficient (Wildman–Crippen LogP) is 1.06. The van der Waals surface area contributed by atoms with Gasteiger partial charge >= 0.3 is 0 Å². The molecule has 0 bridgehead atoms. The van der Waals surface area contributed by atoms with Crippen molar-refractivity contribution in [2.24, 2.45) is 0 Å². The quantitative estimate of drug-likeness (QED) is 0.864. The summed E-state index contributed by atoms with van der Waals surface area (Å²) < 4.78 is 11.4. The van der Waals surface area contributed by atoms with Gasteiger partial charge in [0.25, 0.3) is 0 Å². The summed E-state index contributed by atoms with van der Waals surface area (Å²) in [5.74, 6) is 1.47. The van der Waals surface area contributed by atoms with E-state index in [4.69, 9.17) is 14.6 Å². The smallest absolute Gasteiger partial charge is 0.222 e. The van der Waals surface area contributed by atoms with Crippen LogP contribution in [0.2, 0.25) is 0 Å². The van der Waals surface area contributed by atoms with E-state index in [1.165, 1.54) is 0 Å². The molecule has 5 nitrogen and oxygen atoms in total. The second-order valence-corrected chi connectivity index (χ2v) is 4.60. The van der Waals surface area contributed by atoms with Crippen molar-refractivity contribution in [1.82, 2.24) is 4.90 Å². The Hall–Kier alpha value is -1.75. The molecule has 1 unspecified atom stereocenters. The maximum absolute atomic E-state index is 11.7. The molecule has 0 aromatic heterocycles. The van der Waals surface area contributed by atoms with Crippen LogP contribution in [0, 0.1) is 0 Å². The van der Waals surface area contributed by atoms with Gasteiger partial charge < -0.3 is 19.5 Å². The number of aliphatic hydroxyl groups is 1. The first-order valence-electron chi connectivity index (χ1n) is 6.44. The molecule has 5 heteroatoms. The van der Waals surface area contributed by atoms with Crippen LogP contribution >= 0.6 is 0 Å². The Bertz CT molecular complexity index is 435. The van der Waals surface area contributed by atoms with Gasteiger partial charge in [-0.2, -0.15) is 0 Å². The van der Waals surface area contributed by atoms with E-state index in [-0.39, 0.29) is 18.6 Å². The summed E-state index contributed by atoms with van der Waals surface area (Å²) in [5, 5.41) is 8.71. The molecule has 1 atom stereocenters. The number of ether oxygens (including phenoxy) is 2. The van der Waals surface area contributed by atoms with Crippen LogP contribution in [0.5, 0.6) is 11.5 Å². The third-order valence-corrected chi connectivity index (χ3v) is 3.02. The molecule has 1 heterocycles. The highest BCUT2D eigenvalue weighted by atomic mass is 16.6. The Kier molecular flexibility index (Phi) is 4.63. The Morgan fingerprint density at radius 3 is 2.89 bits per heavy atom. The maximum Gasteiger partial charge on any atom is 0.222 e. The van der Waals surface area contributed by atoms with Crippen LogP contribution in [0.1, 0.15) is 12.8 Å². The molecule has 0 saturated heterocycles. The van der Waals surface area contributed by atoms with E-state index in [1.807, 2.05) is 24.3 Å². The number of amides is 1. The first-order chi connectivity index (χ1) is 9.20. The highest BCUT2D eigenvalue weighted by Crippen LogP contribution is 2.30. The number of likely N-dealkylation sites (N-methyl/N-ethyl adjacent to an activating group) is 1. The lowest BCUT2D eigenvalue weighted by molar-refractivity contribution is -0.131. The number of hydrogen-bond donors (Lipinski definition) is 1. The summed E-state index contributed by atoms with van der Waals surface area (Å²) in [6.45, 7) is 0.962. The lowest BCUT2D eigenvalue weighted by Crippen LogP contribution is -2.41. The molecule has 1 aromatic rings. The molecule has 1 aliphatic rings. The second kappa shape index (κ2) is 6.43. The number of carbonyl (C=O) groups is 1. The lowest BCUT2D eigenvalue weighted by atomic mass is 10.2. The Labute approximate surface area is 112 Å². The number of aliphatic hydroxyl groups excluding tert-OH is 1. The topological polar surface area (TPSA) is 59.0 Å². The standard InChI is InChI=1S/C14H19NO4/c1-15(14(17)7-4-8-16)9-11-10-18-12-5-2-3-6-13(12)19-11/h2-3,5-6,11,16H,4,7-10H2,1H3. The highest BCUT2D eigenvalue weighted by molar-refractivity contribution is 5.75. The highest BCUT2D eigenvalue weighted by Gasteiger charge is 2.23. The average Bonchev–Trinajstić information content (AvgIpc) is 2.44. The van der Waals surface area contributed by atoms with Gasteiger partial charge in [0, 0.05) is 20.1 Å². The first kappa shape index (κ1) is 13.7. The molecule has 1 aliphatic heterocycles. The fraction of sp³-hybridized carbons (Fsp3) is 0.500. The van der Waals surface area contributed by atoms with E-state index in [0.717, 1.165) is 11.5 Å². The largest absolute Gasteiger partial charge is 0.486 e. The Balaban J connectivity index is 1.86. The van der Waals surface area contributed by atoms with Crippen molar-refractivity contribution < 1.29 is 19.4 Å². The molecular formula is C14H19NO4. The molecule has 0 fully saturated rings. The number of rotatable bonds is 5. The summed E-state index contributed by atoms with van der Waals surface area (Å²) in [6.07, 6.45) is 0.698. The number of benzene rings is 1. The van der Waals surface area contributed by atoms with Crippen molar-refractivity contribution in [3.05, 3.63) is 24.3 Å². The van der Waals surface area contributed by atoms with Gasteiger partial charge in [-0.05, 0) is 18.6 Å². The predicted molar refractivity (Wildman–Crippen MR) is 70.3 cm³/mol. The van der Waals surface area contributed by atoms with Gasteiger partial charge in [-0.25, -0.2) is 0 Å². The average molecular weight is 265 g/mol. The first-order valence-corrected chi connectivity index (χ1v) is 6.44. The molecule has 1 aromatic carbocycles. The Morgan fingerprint density at radius 1 is 1.42 bits per heavy atom. The third-order valence-electron chi connectivity index (χ3n) is 3.02. The number of fused-ring (bicyclic) bond motifs is 1. The van der Waals surface area contributed by atoms with Crippen molar-refractivity contribution in [3.63, 3.8) is 0 Å². The molecule has 104 valence electrons. The molecule has 0 saturated carbocycles. The van der Waals surface area contributed by atoms with Gasteiger partial charge in [0.2, 0.25) is 5.91 Å². The van der Waals surface area contributed by atoms with Gasteiger partial charge in [-0.1, -0.05) is 12.1 Å². The van der Waals surface area contributed by atoms with Crippen LogP contribution in [-0.2, 0) is 4.79 Å². The summed E-state index contributed by atoms with van der Waals surface area (Å²) in [4.78, 5) is 13.4. The minimum atomic E-state index is -0.155. The van der Waals surface area contributed by atoms with E-state index in [0.29, 0.717) is 26.0 Å². The zero-order chi connectivity index (χ0) is 13.7. The molecule has 0 spiro atoms. The number of nitrogens with zero attached hydrogens (tertiary/aromatic N) is 1. The molecule has 19 heavy (non-hydrogen) atoms. The Morgan fingerprint density at radius 2 is 2.16 bits per heavy atom. The van der Waals surface area contributed by atoms with Crippen molar-refractivity contribution in [2.45, 2.75) is 18.9 Å². The van der Waals surface area contributed by atoms with E-state index in [2.05, 4.69) is 0 Å².